The van der Waals surface area contributed by atoms with Crippen LogP contribution in [0.25, 0.3) is 16.9 Å². The molecule has 0 saturated heterocycles. The van der Waals surface area contributed by atoms with Crippen molar-refractivity contribution < 1.29 is 18.0 Å². The molecule has 0 aliphatic carbocycles. The monoisotopic (exact) mass is 498 g/mol. The first-order valence-electron chi connectivity index (χ1n) is 10.5. The van der Waals surface area contributed by atoms with Crippen LogP contribution in [0.3, 0.4) is 0 Å². The second-order valence-corrected chi connectivity index (χ2v) is 8.45. The lowest BCUT2D eigenvalue weighted by Gasteiger charge is -2.34. The van der Waals surface area contributed by atoms with Crippen LogP contribution in [-0.2, 0) is 12.7 Å². The number of carbonyl (C=O) groups is 1. The number of halogens is 4. The Morgan fingerprint density at radius 2 is 1.89 bits per heavy atom. The number of nitrogens with zero attached hydrogens (tertiary/aromatic N) is 6. The Morgan fingerprint density at radius 1 is 1.09 bits per heavy atom. The van der Waals surface area contributed by atoms with Gasteiger partial charge in [-0.25, -0.2) is 14.8 Å². The number of hydrogen-bond donors (Lipinski definition) is 0. The van der Waals surface area contributed by atoms with E-state index >= 15 is 0 Å². The SMILES string of the molecule is Cc1ccc(-n2cncc2-c2cccc(C(F)(F)F)c2)cc1N1Cc2cnc(Cl)nc2N(C)C1=O. The quantitative estimate of drug-likeness (QED) is 0.330. The molecule has 7 nitrogen and oxygen atoms in total. The molecule has 0 radical (unpaired) electrons. The van der Waals surface area contributed by atoms with Gasteiger partial charge in [-0.3, -0.25) is 14.4 Å². The topological polar surface area (TPSA) is 67.2 Å². The fourth-order valence-electron chi connectivity index (χ4n) is 4.08. The third-order valence-electron chi connectivity index (χ3n) is 5.86. The average Bonchev–Trinajstić information content (AvgIpc) is 3.32. The van der Waals surface area contributed by atoms with Gasteiger partial charge in [0.2, 0.25) is 5.28 Å². The summed E-state index contributed by atoms with van der Waals surface area (Å²) < 4.78 is 41.4. The van der Waals surface area contributed by atoms with Crippen molar-refractivity contribution in [2.24, 2.45) is 0 Å². The van der Waals surface area contributed by atoms with Crippen LogP contribution in [0.4, 0.5) is 29.5 Å². The van der Waals surface area contributed by atoms with Crippen LogP contribution in [-0.4, -0.2) is 32.6 Å². The normalized spacial score (nSPS) is 13.8. The van der Waals surface area contributed by atoms with Crippen molar-refractivity contribution in [3.63, 3.8) is 0 Å². The third-order valence-corrected chi connectivity index (χ3v) is 6.04. The van der Waals surface area contributed by atoms with Gasteiger partial charge in [-0.15, -0.1) is 0 Å². The first-order valence-corrected chi connectivity index (χ1v) is 10.9. The number of rotatable bonds is 3. The van der Waals surface area contributed by atoms with E-state index in [1.807, 2.05) is 25.1 Å². The highest BCUT2D eigenvalue weighted by atomic mass is 35.5. The van der Waals surface area contributed by atoms with Crippen LogP contribution in [0.5, 0.6) is 0 Å². The predicted octanol–water partition coefficient (Wildman–Crippen LogP) is 5.89. The van der Waals surface area contributed by atoms with E-state index in [1.54, 1.807) is 28.8 Å². The number of aryl methyl sites for hydroxylation is 1. The Kier molecular flexibility index (Phi) is 5.47. The summed E-state index contributed by atoms with van der Waals surface area (Å²) in [4.78, 5) is 28.5. The fourth-order valence-corrected chi connectivity index (χ4v) is 4.21. The molecule has 1 aliphatic heterocycles. The maximum Gasteiger partial charge on any atom is 0.416 e. The molecule has 2 amide bonds. The van der Waals surface area contributed by atoms with E-state index in [9.17, 15) is 18.0 Å². The van der Waals surface area contributed by atoms with Crippen LogP contribution >= 0.6 is 11.6 Å². The number of alkyl halides is 3. The van der Waals surface area contributed by atoms with Crippen molar-refractivity contribution in [2.45, 2.75) is 19.6 Å². The van der Waals surface area contributed by atoms with Crippen molar-refractivity contribution in [1.29, 1.82) is 0 Å². The Bertz CT molecular complexity index is 1450. The number of fused-ring (bicyclic) bond motifs is 1. The van der Waals surface area contributed by atoms with Crippen LogP contribution in [0.15, 0.2) is 61.2 Å². The van der Waals surface area contributed by atoms with E-state index in [2.05, 4.69) is 15.0 Å². The number of carbonyl (C=O) groups excluding carboxylic acids is 1. The Labute approximate surface area is 203 Å². The van der Waals surface area contributed by atoms with Gasteiger partial charge in [-0.1, -0.05) is 18.2 Å². The molecule has 35 heavy (non-hydrogen) atoms. The molecule has 1 aliphatic rings. The van der Waals surface area contributed by atoms with Gasteiger partial charge in [-0.2, -0.15) is 18.2 Å². The molecule has 0 unspecified atom stereocenters. The largest absolute Gasteiger partial charge is 0.416 e. The van der Waals surface area contributed by atoms with Crippen molar-refractivity contribution >= 4 is 29.1 Å². The molecule has 2 aromatic heterocycles. The van der Waals surface area contributed by atoms with E-state index < -0.39 is 11.7 Å². The van der Waals surface area contributed by atoms with E-state index in [-0.39, 0.29) is 17.9 Å². The van der Waals surface area contributed by atoms with E-state index in [0.29, 0.717) is 28.5 Å². The molecule has 2 aromatic carbocycles. The maximum absolute atomic E-state index is 13.3. The van der Waals surface area contributed by atoms with Crippen LogP contribution in [0.2, 0.25) is 5.28 Å². The Hall–Kier alpha value is -3.92. The van der Waals surface area contributed by atoms with E-state index in [0.717, 1.165) is 23.3 Å². The minimum atomic E-state index is -4.46. The zero-order valence-corrected chi connectivity index (χ0v) is 19.3. The highest BCUT2D eigenvalue weighted by molar-refractivity contribution is 6.28. The minimum Gasteiger partial charge on any atom is -0.299 e. The van der Waals surface area contributed by atoms with Gasteiger partial charge in [-0.05, 0) is 48.4 Å². The molecule has 0 spiro atoms. The first-order chi connectivity index (χ1) is 16.6. The number of benzene rings is 2. The summed E-state index contributed by atoms with van der Waals surface area (Å²) in [5.41, 5.74) is 2.98. The minimum absolute atomic E-state index is 0.0530. The summed E-state index contributed by atoms with van der Waals surface area (Å²) in [5, 5.41) is 0.0530. The summed E-state index contributed by atoms with van der Waals surface area (Å²) in [6, 6.07) is 10.3. The van der Waals surface area contributed by atoms with Gasteiger partial charge in [0.05, 0.1) is 36.0 Å². The molecule has 0 atom stereocenters. The summed E-state index contributed by atoms with van der Waals surface area (Å²) >= 11 is 5.90. The van der Waals surface area contributed by atoms with Gasteiger partial charge in [0.25, 0.3) is 0 Å². The molecular weight excluding hydrogens is 481 g/mol. The first kappa shape index (κ1) is 22.9. The number of urea groups is 1. The molecule has 178 valence electrons. The van der Waals surface area contributed by atoms with Crippen molar-refractivity contribution in [1.82, 2.24) is 19.5 Å². The second-order valence-electron chi connectivity index (χ2n) is 8.11. The van der Waals surface area contributed by atoms with Gasteiger partial charge < -0.3 is 0 Å². The number of anilines is 2. The van der Waals surface area contributed by atoms with E-state index in [1.165, 1.54) is 23.5 Å². The number of aromatic nitrogens is 4. The van der Waals surface area contributed by atoms with Gasteiger partial charge in [0.1, 0.15) is 5.82 Å². The molecule has 3 heterocycles. The average molecular weight is 499 g/mol. The number of imidazole rings is 1. The van der Waals surface area contributed by atoms with Crippen LogP contribution in [0.1, 0.15) is 16.7 Å². The van der Waals surface area contributed by atoms with Gasteiger partial charge in [0, 0.05) is 30.1 Å². The molecule has 0 fully saturated rings. The third kappa shape index (κ3) is 4.10. The lowest BCUT2D eigenvalue weighted by molar-refractivity contribution is -0.137. The summed E-state index contributed by atoms with van der Waals surface area (Å²) in [7, 11) is 1.61. The molecule has 5 rings (SSSR count). The molecule has 0 N–H and O–H groups in total. The van der Waals surface area contributed by atoms with Crippen LogP contribution in [0, 0.1) is 6.92 Å². The van der Waals surface area contributed by atoms with Gasteiger partial charge >= 0.3 is 12.2 Å². The predicted molar refractivity (Wildman–Crippen MR) is 126 cm³/mol. The number of hydrogen-bond acceptors (Lipinski definition) is 4. The lowest BCUT2D eigenvalue weighted by Crippen LogP contribution is -2.46. The van der Waals surface area contributed by atoms with Crippen LogP contribution < -0.4 is 9.80 Å². The highest BCUT2D eigenvalue weighted by Crippen LogP contribution is 2.35. The maximum atomic E-state index is 13.3. The summed E-state index contributed by atoms with van der Waals surface area (Å²) in [6.45, 7) is 2.12. The molecule has 11 heteroatoms. The summed E-state index contributed by atoms with van der Waals surface area (Å²) in [5.74, 6) is 0.446. The zero-order valence-electron chi connectivity index (χ0n) is 18.6. The smallest absolute Gasteiger partial charge is 0.299 e. The Balaban J connectivity index is 1.56. The summed E-state index contributed by atoms with van der Waals surface area (Å²) in [6.07, 6.45) is 0.162. The molecule has 4 aromatic rings. The van der Waals surface area contributed by atoms with E-state index in [4.69, 9.17) is 11.6 Å². The molecule has 0 saturated carbocycles. The fraction of sp³-hybridized carbons (Fsp3) is 0.167. The molecule has 0 bridgehead atoms. The molecular formula is C24H18ClF3N6O. The van der Waals surface area contributed by atoms with Crippen molar-refractivity contribution in [3.8, 4) is 16.9 Å². The Morgan fingerprint density at radius 3 is 2.66 bits per heavy atom. The second kappa shape index (κ2) is 8.38. The van der Waals surface area contributed by atoms with Crippen molar-refractivity contribution in [3.05, 3.63) is 83.2 Å². The van der Waals surface area contributed by atoms with Gasteiger partial charge in [0.15, 0.2) is 0 Å². The highest BCUT2D eigenvalue weighted by Gasteiger charge is 2.32. The van der Waals surface area contributed by atoms with Crippen molar-refractivity contribution in [2.75, 3.05) is 16.8 Å². The zero-order chi connectivity index (χ0) is 24.9. The standard InChI is InChI=1S/C24H18ClF3N6O/c1-14-6-7-18(34-13-29-11-20(34)15-4-3-5-17(8-15)24(26,27)28)9-19(14)33-12-16-10-30-22(25)31-21(16)32(2)23(33)35/h3-11,13H,12H2,1-2H3. The number of amides is 2. The lowest BCUT2D eigenvalue weighted by atomic mass is 10.1.